The standard InChI is InChI=1S/C21H24N2O4/c1-4-26-18-9-11-19(12-10-18)27-16(3)21(25)23-22-20(24)13-8-17-7-5-6-15(2)14-17/h5-14,16H,4H2,1-3H3,(H,22,24)(H,23,25)/b13-8+/t16-/m1/s1. The first-order valence-electron chi connectivity index (χ1n) is 8.72. The van der Waals surface area contributed by atoms with Gasteiger partial charge in [-0.25, -0.2) is 0 Å². The summed E-state index contributed by atoms with van der Waals surface area (Å²) >= 11 is 0. The predicted molar refractivity (Wildman–Crippen MR) is 104 cm³/mol. The third kappa shape index (κ3) is 6.86. The third-order valence-corrected chi connectivity index (χ3v) is 3.60. The van der Waals surface area contributed by atoms with E-state index in [0.29, 0.717) is 12.4 Å². The van der Waals surface area contributed by atoms with E-state index in [1.807, 2.05) is 38.1 Å². The van der Waals surface area contributed by atoms with Crippen molar-refractivity contribution in [1.82, 2.24) is 10.9 Å². The van der Waals surface area contributed by atoms with Crippen LogP contribution in [-0.2, 0) is 9.59 Å². The highest BCUT2D eigenvalue weighted by molar-refractivity contribution is 5.93. The first-order valence-corrected chi connectivity index (χ1v) is 8.72. The highest BCUT2D eigenvalue weighted by Crippen LogP contribution is 2.18. The number of rotatable bonds is 7. The average molecular weight is 368 g/mol. The van der Waals surface area contributed by atoms with Crippen LogP contribution < -0.4 is 20.3 Å². The van der Waals surface area contributed by atoms with Gasteiger partial charge in [-0.05, 0) is 56.7 Å². The van der Waals surface area contributed by atoms with Gasteiger partial charge in [0, 0.05) is 6.08 Å². The SMILES string of the molecule is CCOc1ccc(O[C@H](C)C(=O)NNC(=O)/C=C/c2cccc(C)c2)cc1. The molecule has 0 fully saturated rings. The normalized spacial score (nSPS) is 11.7. The van der Waals surface area contributed by atoms with Gasteiger partial charge in [0.1, 0.15) is 11.5 Å². The Morgan fingerprint density at radius 2 is 1.78 bits per heavy atom. The monoisotopic (exact) mass is 368 g/mol. The zero-order valence-electron chi connectivity index (χ0n) is 15.7. The third-order valence-electron chi connectivity index (χ3n) is 3.60. The number of nitrogens with one attached hydrogen (secondary N) is 2. The summed E-state index contributed by atoms with van der Waals surface area (Å²) in [6, 6.07) is 14.7. The number of hydrazine groups is 1. The highest BCUT2D eigenvalue weighted by Gasteiger charge is 2.15. The Morgan fingerprint density at radius 1 is 1.07 bits per heavy atom. The lowest BCUT2D eigenvalue weighted by molar-refractivity contribution is -0.131. The fraction of sp³-hybridized carbons (Fsp3) is 0.238. The van der Waals surface area contributed by atoms with Gasteiger partial charge in [-0.3, -0.25) is 20.4 Å². The van der Waals surface area contributed by atoms with E-state index in [1.165, 1.54) is 6.08 Å². The smallest absolute Gasteiger partial charge is 0.279 e. The predicted octanol–water partition coefficient (Wildman–Crippen LogP) is 3.02. The summed E-state index contributed by atoms with van der Waals surface area (Å²) in [7, 11) is 0. The summed E-state index contributed by atoms with van der Waals surface area (Å²) in [6.45, 7) is 6.06. The first-order chi connectivity index (χ1) is 13.0. The molecular weight excluding hydrogens is 344 g/mol. The molecule has 2 aromatic rings. The molecule has 0 saturated heterocycles. The van der Waals surface area contributed by atoms with Crippen LogP contribution in [0.4, 0.5) is 0 Å². The minimum Gasteiger partial charge on any atom is -0.494 e. The number of benzene rings is 2. The van der Waals surface area contributed by atoms with E-state index >= 15 is 0 Å². The topological polar surface area (TPSA) is 76.7 Å². The van der Waals surface area contributed by atoms with Gasteiger partial charge in [0.2, 0.25) is 0 Å². The second-order valence-corrected chi connectivity index (χ2v) is 5.89. The molecule has 0 spiro atoms. The van der Waals surface area contributed by atoms with Crippen molar-refractivity contribution in [2.75, 3.05) is 6.61 Å². The van der Waals surface area contributed by atoms with E-state index < -0.39 is 17.9 Å². The Hall–Kier alpha value is -3.28. The van der Waals surface area contributed by atoms with Crippen molar-refractivity contribution in [3.8, 4) is 11.5 Å². The molecule has 2 N–H and O–H groups in total. The van der Waals surface area contributed by atoms with Crippen LogP contribution in [0.1, 0.15) is 25.0 Å². The molecule has 0 aliphatic carbocycles. The Morgan fingerprint density at radius 3 is 2.44 bits per heavy atom. The second-order valence-electron chi connectivity index (χ2n) is 5.89. The Kier molecular flexibility index (Phi) is 7.43. The molecule has 0 heterocycles. The van der Waals surface area contributed by atoms with Crippen molar-refractivity contribution in [2.45, 2.75) is 26.9 Å². The van der Waals surface area contributed by atoms with Crippen molar-refractivity contribution in [1.29, 1.82) is 0 Å². The summed E-state index contributed by atoms with van der Waals surface area (Å²) in [5.41, 5.74) is 6.69. The number of ether oxygens (including phenoxy) is 2. The van der Waals surface area contributed by atoms with E-state index in [1.54, 1.807) is 37.3 Å². The molecule has 2 amide bonds. The van der Waals surface area contributed by atoms with E-state index in [4.69, 9.17) is 9.47 Å². The Labute approximate surface area is 159 Å². The van der Waals surface area contributed by atoms with Crippen molar-refractivity contribution in [3.05, 3.63) is 65.7 Å². The Bertz CT molecular complexity index is 800. The molecule has 27 heavy (non-hydrogen) atoms. The average Bonchev–Trinajstić information content (AvgIpc) is 2.66. The largest absolute Gasteiger partial charge is 0.494 e. The summed E-state index contributed by atoms with van der Waals surface area (Å²) in [5, 5.41) is 0. The van der Waals surface area contributed by atoms with Crippen LogP contribution in [0.2, 0.25) is 0 Å². The molecule has 0 unspecified atom stereocenters. The fourth-order valence-electron chi connectivity index (χ4n) is 2.25. The van der Waals surface area contributed by atoms with Crippen LogP contribution in [-0.4, -0.2) is 24.5 Å². The molecule has 0 radical (unpaired) electrons. The van der Waals surface area contributed by atoms with E-state index in [-0.39, 0.29) is 0 Å². The van der Waals surface area contributed by atoms with Crippen LogP contribution in [0, 0.1) is 6.92 Å². The van der Waals surface area contributed by atoms with E-state index in [0.717, 1.165) is 16.9 Å². The molecule has 0 saturated carbocycles. The molecule has 0 aliphatic rings. The van der Waals surface area contributed by atoms with Gasteiger partial charge in [-0.1, -0.05) is 29.8 Å². The van der Waals surface area contributed by atoms with Crippen LogP contribution >= 0.6 is 0 Å². The number of carbonyl (C=O) groups is 2. The van der Waals surface area contributed by atoms with E-state index in [2.05, 4.69) is 10.9 Å². The zero-order valence-corrected chi connectivity index (χ0v) is 15.7. The van der Waals surface area contributed by atoms with Gasteiger partial charge < -0.3 is 9.47 Å². The van der Waals surface area contributed by atoms with Gasteiger partial charge >= 0.3 is 0 Å². The zero-order chi connectivity index (χ0) is 19.6. The number of hydrogen-bond donors (Lipinski definition) is 2. The molecule has 0 aliphatic heterocycles. The summed E-state index contributed by atoms with van der Waals surface area (Å²) in [5.74, 6) is 0.376. The molecule has 0 bridgehead atoms. The van der Waals surface area contributed by atoms with Crippen molar-refractivity contribution in [3.63, 3.8) is 0 Å². The van der Waals surface area contributed by atoms with Gasteiger partial charge in [0.15, 0.2) is 6.10 Å². The number of hydrogen-bond acceptors (Lipinski definition) is 4. The molecule has 0 aromatic heterocycles. The van der Waals surface area contributed by atoms with Gasteiger partial charge in [-0.2, -0.15) is 0 Å². The van der Waals surface area contributed by atoms with Crippen LogP contribution in [0.25, 0.3) is 6.08 Å². The van der Waals surface area contributed by atoms with Crippen molar-refractivity contribution >= 4 is 17.9 Å². The van der Waals surface area contributed by atoms with E-state index in [9.17, 15) is 9.59 Å². The minimum atomic E-state index is -0.774. The molecule has 6 heteroatoms. The molecule has 2 aromatic carbocycles. The molecule has 142 valence electrons. The van der Waals surface area contributed by atoms with Crippen LogP contribution in [0.15, 0.2) is 54.6 Å². The number of aryl methyl sites for hydroxylation is 1. The first kappa shape index (κ1) is 20.0. The number of carbonyl (C=O) groups excluding carboxylic acids is 2. The van der Waals surface area contributed by atoms with Crippen molar-refractivity contribution < 1.29 is 19.1 Å². The van der Waals surface area contributed by atoms with Crippen molar-refractivity contribution in [2.24, 2.45) is 0 Å². The van der Waals surface area contributed by atoms with Crippen LogP contribution in [0.3, 0.4) is 0 Å². The summed E-state index contributed by atoms with van der Waals surface area (Å²) in [6.07, 6.45) is 2.26. The lowest BCUT2D eigenvalue weighted by Gasteiger charge is -2.15. The maximum atomic E-state index is 12.0. The quantitative estimate of drug-likeness (QED) is 0.582. The number of amides is 2. The lowest BCUT2D eigenvalue weighted by Crippen LogP contribution is -2.46. The lowest BCUT2D eigenvalue weighted by atomic mass is 10.1. The molecule has 6 nitrogen and oxygen atoms in total. The highest BCUT2D eigenvalue weighted by atomic mass is 16.5. The molecule has 1 atom stereocenters. The van der Waals surface area contributed by atoms with Crippen LogP contribution in [0.5, 0.6) is 11.5 Å². The van der Waals surface area contributed by atoms with Gasteiger partial charge in [0.05, 0.1) is 6.61 Å². The van der Waals surface area contributed by atoms with Gasteiger partial charge in [-0.15, -0.1) is 0 Å². The molecular formula is C21H24N2O4. The molecule has 2 rings (SSSR count). The second kappa shape index (κ2) is 10.0. The summed E-state index contributed by atoms with van der Waals surface area (Å²) < 4.78 is 10.9. The van der Waals surface area contributed by atoms with Gasteiger partial charge in [0.25, 0.3) is 11.8 Å². The maximum Gasteiger partial charge on any atom is 0.279 e. The Balaban J connectivity index is 1.79. The minimum absolute atomic E-state index is 0.432. The fourth-order valence-corrected chi connectivity index (χ4v) is 2.25. The maximum absolute atomic E-state index is 12.0. The summed E-state index contributed by atoms with van der Waals surface area (Å²) in [4.78, 5) is 23.9.